The lowest BCUT2D eigenvalue weighted by molar-refractivity contribution is -0.0769. The molecule has 0 spiro atoms. The molecule has 5 rings (SSSR count). The maximum atomic E-state index is 12.3. The molecule has 0 amide bonds. The van der Waals surface area contributed by atoms with Crippen LogP contribution in [-0.2, 0) is 11.2 Å². The first-order valence-corrected chi connectivity index (χ1v) is 11.3. The normalized spacial score (nSPS) is 20.3. The van der Waals surface area contributed by atoms with Gasteiger partial charge in [-0.2, -0.15) is 4.98 Å². The first kappa shape index (κ1) is 21.2. The summed E-state index contributed by atoms with van der Waals surface area (Å²) in [4.78, 5) is 8.73. The van der Waals surface area contributed by atoms with Crippen molar-refractivity contribution < 1.29 is 14.7 Å². The summed E-state index contributed by atoms with van der Waals surface area (Å²) in [6.07, 6.45) is 7.14. The maximum Gasteiger partial charge on any atom is 0.258 e. The van der Waals surface area contributed by atoms with Crippen LogP contribution < -0.4 is 5.32 Å². The third kappa shape index (κ3) is 3.36. The predicted molar refractivity (Wildman–Crippen MR) is 120 cm³/mol. The van der Waals surface area contributed by atoms with Gasteiger partial charge in [0, 0.05) is 42.0 Å². The quantitative estimate of drug-likeness (QED) is 0.546. The molecule has 1 atom stereocenters. The van der Waals surface area contributed by atoms with E-state index in [0.717, 1.165) is 5.56 Å². The van der Waals surface area contributed by atoms with Gasteiger partial charge in [0.25, 0.3) is 5.89 Å². The molecule has 2 fully saturated rings. The predicted octanol–water partition coefficient (Wildman–Crippen LogP) is 3.47. The summed E-state index contributed by atoms with van der Waals surface area (Å²) < 4.78 is 5.23. The van der Waals surface area contributed by atoms with Gasteiger partial charge in [-0.1, -0.05) is 42.8 Å². The van der Waals surface area contributed by atoms with E-state index in [2.05, 4.69) is 51.6 Å². The molecule has 1 aliphatic carbocycles. The third-order valence-electron chi connectivity index (χ3n) is 7.17. The Hall–Kier alpha value is -2.61. The molecule has 1 saturated carbocycles. The zero-order valence-electron chi connectivity index (χ0n) is 18.8. The topological polar surface area (TPSA) is 104 Å². The van der Waals surface area contributed by atoms with Crippen molar-refractivity contribution in [3.05, 3.63) is 65.3 Å². The van der Waals surface area contributed by atoms with Gasteiger partial charge in [-0.15, -0.1) is 0 Å². The van der Waals surface area contributed by atoms with Crippen molar-refractivity contribution in [1.82, 2.24) is 20.4 Å². The Morgan fingerprint density at radius 3 is 2.31 bits per heavy atom. The Morgan fingerprint density at radius 2 is 1.78 bits per heavy atom. The van der Waals surface area contributed by atoms with Gasteiger partial charge in [-0.05, 0) is 49.8 Å². The summed E-state index contributed by atoms with van der Waals surface area (Å²) in [6, 6.07) is 10.3. The van der Waals surface area contributed by atoms with Crippen LogP contribution in [0.5, 0.6) is 0 Å². The van der Waals surface area contributed by atoms with Crippen LogP contribution in [0.25, 0.3) is 11.4 Å². The number of nitrogens with one attached hydrogen (secondary N) is 1. The molecule has 1 saturated heterocycles. The SMILES string of the molecule is CC(C)(O)c1nc(-c2cncc([C@@](O)(c3ccc(C4CCC4)cc3)C3(C)CNC3)c2)no1. The number of hydrogen-bond donors (Lipinski definition) is 3. The highest BCUT2D eigenvalue weighted by Crippen LogP contribution is 2.48. The lowest BCUT2D eigenvalue weighted by Gasteiger charge is -2.52. The summed E-state index contributed by atoms with van der Waals surface area (Å²) in [5.41, 5.74) is 0.658. The summed E-state index contributed by atoms with van der Waals surface area (Å²) in [6.45, 7) is 6.67. The minimum absolute atomic E-state index is 0.134. The molecule has 168 valence electrons. The van der Waals surface area contributed by atoms with E-state index < -0.39 is 11.2 Å². The smallest absolute Gasteiger partial charge is 0.258 e. The average molecular weight is 435 g/mol. The monoisotopic (exact) mass is 434 g/mol. The molecule has 32 heavy (non-hydrogen) atoms. The van der Waals surface area contributed by atoms with Gasteiger partial charge in [0.1, 0.15) is 11.2 Å². The fourth-order valence-electron chi connectivity index (χ4n) is 4.71. The third-order valence-corrected chi connectivity index (χ3v) is 7.17. The number of benzene rings is 1. The molecule has 7 nitrogen and oxygen atoms in total. The second-order valence-corrected chi connectivity index (χ2v) is 10.1. The molecular weight excluding hydrogens is 404 g/mol. The van der Waals surface area contributed by atoms with Crippen LogP contribution in [0, 0.1) is 5.41 Å². The average Bonchev–Trinajstić information content (AvgIpc) is 3.22. The molecule has 7 heteroatoms. The van der Waals surface area contributed by atoms with E-state index >= 15 is 0 Å². The highest BCUT2D eigenvalue weighted by Gasteiger charge is 2.53. The summed E-state index contributed by atoms with van der Waals surface area (Å²) in [5, 5.41) is 29.7. The van der Waals surface area contributed by atoms with Crippen LogP contribution in [0.1, 0.15) is 68.5 Å². The first-order valence-electron chi connectivity index (χ1n) is 11.3. The van der Waals surface area contributed by atoms with Crippen molar-refractivity contribution in [2.24, 2.45) is 5.41 Å². The van der Waals surface area contributed by atoms with E-state index in [1.165, 1.54) is 24.8 Å². The van der Waals surface area contributed by atoms with Crippen molar-refractivity contribution >= 4 is 0 Å². The molecular formula is C25H30N4O3. The van der Waals surface area contributed by atoms with Crippen LogP contribution in [0.4, 0.5) is 0 Å². The second-order valence-electron chi connectivity index (χ2n) is 10.1. The zero-order chi connectivity index (χ0) is 22.6. The van der Waals surface area contributed by atoms with Gasteiger partial charge in [0.05, 0.1) is 0 Å². The molecule has 2 aliphatic rings. The zero-order valence-corrected chi connectivity index (χ0v) is 18.8. The van der Waals surface area contributed by atoms with Crippen molar-refractivity contribution in [2.45, 2.75) is 57.2 Å². The van der Waals surface area contributed by atoms with Crippen molar-refractivity contribution in [3.8, 4) is 11.4 Å². The number of nitrogens with zero attached hydrogens (tertiary/aromatic N) is 3. The number of aliphatic hydroxyl groups is 2. The van der Waals surface area contributed by atoms with Gasteiger partial charge in [-0.3, -0.25) is 4.98 Å². The van der Waals surface area contributed by atoms with Crippen molar-refractivity contribution in [3.63, 3.8) is 0 Å². The minimum Gasteiger partial charge on any atom is -0.381 e. The Bertz CT molecular complexity index is 1110. The molecule has 0 unspecified atom stereocenters. The standard InChI is InChI=1S/C25H30N4O3/c1-23(2,30)22-28-21(29-32-22)18-11-20(13-26-12-18)25(31,24(3)14-27-15-24)19-9-7-17(8-10-19)16-5-4-6-16/h7-13,16,27,30-31H,4-6,14-15H2,1-3H3/t25-/m0/s1. The summed E-state index contributed by atoms with van der Waals surface area (Å²) in [7, 11) is 0. The largest absolute Gasteiger partial charge is 0.381 e. The molecule has 2 aromatic heterocycles. The highest BCUT2D eigenvalue weighted by atomic mass is 16.5. The second kappa shape index (κ2) is 7.47. The van der Waals surface area contributed by atoms with Crippen LogP contribution in [0.2, 0.25) is 0 Å². The van der Waals surface area contributed by atoms with E-state index in [1.807, 2.05) is 6.07 Å². The summed E-state index contributed by atoms with van der Waals surface area (Å²) in [5.74, 6) is 1.11. The van der Waals surface area contributed by atoms with E-state index in [4.69, 9.17) is 4.52 Å². The van der Waals surface area contributed by atoms with E-state index in [9.17, 15) is 10.2 Å². The van der Waals surface area contributed by atoms with E-state index in [0.29, 0.717) is 36.0 Å². The van der Waals surface area contributed by atoms with Crippen LogP contribution in [0.3, 0.4) is 0 Å². The van der Waals surface area contributed by atoms with Gasteiger partial charge in [-0.25, -0.2) is 0 Å². The van der Waals surface area contributed by atoms with Crippen LogP contribution >= 0.6 is 0 Å². The molecule has 3 heterocycles. The molecule has 0 bridgehead atoms. The molecule has 0 radical (unpaired) electrons. The summed E-state index contributed by atoms with van der Waals surface area (Å²) >= 11 is 0. The lowest BCUT2D eigenvalue weighted by Crippen LogP contribution is -2.63. The maximum absolute atomic E-state index is 12.3. The van der Waals surface area contributed by atoms with Gasteiger partial charge >= 0.3 is 0 Å². The number of hydrogen-bond acceptors (Lipinski definition) is 7. The number of rotatable bonds is 6. The number of aromatic nitrogens is 3. The van der Waals surface area contributed by atoms with Crippen LogP contribution in [-0.4, -0.2) is 38.4 Å². The molecule has 3 N–H and O–H groups in total. The fourth-order valence-corrected chi connectivity index (χ4v) is 4.71. The van der Waals surface area contributed by atoms with E-state index in [1.54, 1.807) is 26.2 Å². The Balaban J connectivity index is 1.56. The lowest BCUT2D eigenvalue weighted by atomic mass is 9.62. The molecule has 1 aliphatic heterocycles. The Labute approximate surface area is 187 Å². The van der Waals surface area contributed by atoms with E-state index in [-0.39, 0.29) is 11.3 Å². The highest BCUT2D eigenvalue weighted by molar-refractivity contribution is 5.56. The fraction of sp³-hybridized carbons (Fsp3) is 0.480. The number of pyridine rings is 1. The molecule has 1 aromatic carbocycles. The minimum atomic E-state index is -1.23. The Morgan fingerprint density at radius 1 is 1.06 bits per heavy atom. The van der Waals surface area contributed by atoms with Crippen molar-refractivity contribution in [1.29, 1.82) is 0 Å². The van der Waals surface area contributed by atoms with Crippen molar-refractivity contribution in [2.75, 3.05) is 13.1 Å². The van der Waals surface area contributed by atoms with Crippen LogP contribution in [0.15, 0.2) is 47.2 Å². The van der Waals surface area contributed by atoms with Gasteiger partial charge in [0.2, 0.25) is 5.82 Å². The Kier molecular flexibility index (Phi) is 4.96. The van der Waals surface area contributed by atoms with Gasteiger partial charge < -0.3 is 20.1 Å². The first-order chi connectivity index (χ1) is 15.2. The van der Waals surface area contributed by atoms with Gasteiger partial charge in [0.15, 0.2) is 0 Å². The molecule has 3 aromatic rings.